The Morgan fingerprint density at radius 3 is 2.60 bits per heavy atom. The van der Waals surface area contributed by atoms with E-state index >= 15 is 0 Å². The summed E-state index contributed by atoms with van der Waals surface area (Å²) in [6.07, 6.45) is 1.31. The molecule has 15 heavy (non-hydrogen) atoms. The molecular weight excluding hydrogens is 190 g/mol. The molecule has 0 aromatic heterocycles. The van der Waals surface area contributed by atoms with Crippen molar-refractivity contribution in [2.45, 2.75) is 13.3 Å². The molecule has 86 valence electrons. The van der Waals surface area contributed by atoms with Crippen LogP contribution in [0.2, 0.25) is 0 Å². The number of rotatable bonds is 2. The van der Waals surface area contributed by atoms with Crippen LogP contribution >= 0.6 is 0 Å². The molecule has 1 atom stereocenters. The zero-order chi connectivity index (χ0) is 10.7. The van der Waals surface area contributed by atoms with Gasteiger partial charge in [0.05, 0.1) is 0 Å². The van der Waals surface area contributed by atoms with Crippen LogP contribution < -0.4 is 5.32 Å². The Kier molecular flexibility index (Phi) is 3.59. The molecule has 4 nitrogen and oxygen atoms in total. The number of hydrogen-bond acceptors (Lipinski definition) is 3. The van der Waals surface area contributed by atoms with E-state index in [1.54, 1.807) is 6.92 Å². The largest absolute Gasteiger partial charge is 0.340 e. The molecule has 0 aromatic rings. The van der Waals surface area contributed by atoms with Gasteiger partial charge in [-0.25, -0.2) is 0 Å². The standard InChI is InChI=1S/C11H21N3O/c1-10(15)14-6-4-13(5-7-14)9-11-2-3-12-8-11/h11-12H,2-9H2,1H3. The van der Waals surface area contributed by atoms with Crippen LogP contribution in [0, 0.1) is 5.92 Å². The highest BCUT2D eigenvalue weighted by atomic mass is 16.2. The number of hydrogen-bond donors (Lipinski definition) is 1. The fourth-order valence-corrected chi connectivity index (χ4v) is 2.48. The molecule has 2 heterocycles. The molecule has 1 amide bonds. The monoisotopic (exact) mass is 211 g/mol. The van der Waals surface area contributed by atoms with E-state index in [2.05, 4.69) is 10.2 Å². The third-order valence-corrected chi connectivity index (χ3v) is 3.50. The summed E-state index contributed by atoms with van der Waals surface area (Å²) in [6.45, 7) is 9.15. The topological polar surface area (TPSA) is 35.6 Å². The van der Waals surface area contributed by atoms with E-state index < -0.39 is 0 Å². The highest BCUT2D eigenvalue weighted by Gasteiger charge is 2.22. The Bertz CT molecular complexity index is 218. The van der Waals surface area contributed by atoms with Gasteiger partial charge in [-0.2, -0.15) is 0 Å². The molecule has 4 heteroatoms. The number of amides is 1. The van der Waals surface area contributed by atoms with Crippen molar-refractivity contribution in [3.8, 4) is 0 Å². The van der Waals surface area contributed by atoms with Gasteiger partial charge >= 0.3 is 0 Å². The molecule has 2 fully saturated rings. The van der Waals surface area contributed by atoms with Crippen molar-refractivity contribution in [2.75, 3.05) is 45.8 Å². The Balaban J connectivity index is 1.71. The summed E-state index contributed by atoms with van der Waals surface area (Å²) in [6, 6.07) is 0. The quantitative estimate of drug-likeness (QED) is 0.685. The Hall–Kier alpha value is -0.610. The molecular formula is C11H21N3O. The van der Waals surface area contributed by atoms with Crippen LogP contribution in [0.15, 0.2) is 0 Å². The molecule has 2 rings (SSSR count). The maximum absolute atomic E-state index is 11.1. The van der Waals surface area contributed by atoms with E-state index in [9.17, 15) is 4.79 Å². The zero-order valence-electron chi connectivity index (χ0n) is 9.54. The van der Waals surface area contributed by atoms with Crippen LogP contribution in [0.1, 0.15) is 13.3 Å². The molecule has 2 saturated heterocycles. The lowest BCUT2D eigenvalue weighted by atomic mass is 10.1. The summed E-state index contributed by atoms with van der Waals surface area (Å²) in [5.74, 6) is 1.05. The van der Waals surface area contributed by atoms with Crippen molar-refractivity contribution in [1.29, 1.82) is 0 Å². The van der Waals surface area contributed by atoms with Crippen molar-refractivity contribution in [1.82, 2.24) is 15.1 Å². The van der Waals surface area contributed by atoms with E-state index in [0.717, 1.165) is 32.1 Å². The summed E-state index contributed by atoms with van der Waals surface area (Å²) < 4.78 is 0. The minimum atomic E-state index is 0.220. The van der Waals surface area contributed by atoms with Gasteiger partial charge in [-0.3, -0.25) is 9.69 Å². The number of nitrogens with zero attached hydrogens (tertiary/aromatic N) is 2. The van der Waals surface area contributed by atoms with Gasteiger partial charge in [0.25, 0.3) is 0 Å². The molecule has 0 radical (unpaired) electrons. The summed E-state index contributed by atoms with van der Waals surface area (Å²) in [4.78, 5) is 15.6. The van der Waals surface area contributed by atoms with E-state index in [-0.39, 0.29) is 5.91 Å². The molecule has 0 saturated carbocycles. The highest BCUT2D eigenvalue weighted by molar-refractivity contribution is 5.73. The third kappa shape index (κ3) is 2.92. The maximum Gasteiger partial charge on any atom is 0.219 e. The molecule has 0 aliphatic carbocycles. The molecule has 1 N–H and O–H groups in total. The zero-order valence-corrected chi connectivity index (χ0v) is 9.54. The fourth-order valence-electron chi connectivity index (χ4n) is 2.48. The average molecular weight is 211 g/mol. The van der Waals surface area contributed by atoms with Gasteiger partial charge in [-0.15, -0.1) is 0 Å². The summed E-state index contributed by atoms with van der Waals surface area (Å²) in [7, 11) is 0. The van der Waals surface area contributed by atoms with Crippen LogP contribution in [0.3, 0.4) is 0 Å². The molecule has 0 spiro atoms. The van der Waals surface area contributed by atoms with E-state index in [1.807, 2.05) is 4.90 Å². The van der Waals surface area contributed by atoms with Crippen LogP contribution in [0.5, 0.6) is 0 Å². The second-order valence-corrected chi connectivity index (χ2v) is 4.67. The molecule has 1 unspecified atom stereocenters. The van der Waals surface area contributed by atoms with Gasteiger partial charge in [-0.05, 0) is 25.4 Å². The van der Waals surface area contributed by atoms with Crippen molar-refractivity contribution in [3.63, 3.8) is 0 Å². The van der Waals surface area contributed by atoms with Crippen molar-refractivity contribution in [3.05, 3.63) is 0 Å². The second-order valence-electron chi connectivity index (χ2n) is 4.67. The molecule has 2 aliphatic rings. The van der Waals surface area contributed by atoms with Crippen LogP contribution in [-0.4, -0.2) is 61.5 Å². The smallest absolute Gasteiger partial charge is 0.219 e. The van der Waals surface area contributed by atoms with E-state index in [4.69, 9.17) is 0 Å². The number of carbonyl (C=O) groups excluding carboxylic acids is 1. The van der Waals surface area contributed by atoms with Crippen molar-refractivity contribution >= 4 is 5.91 Å². The van der Waals surface area contributed by atoms with Crippen LogP contribution in [0.25, 0.3) is 0 Å². The van der Waals surface area contributed by atoms with Crippen molar-refractivity contribution in [2.24, 2.45) is 5.92 Å². The normalized spacial score (nSPS) is 28.3. The SMILES string of the molecule is CC(=O)N1CCN(CC2CCNC2)CC1. The van der Waals surface area contributed by atoms with Gasteiger partial charge in [0.15, 0.2) is 0 Å². The first-order valence-electron chi connectivity index (χ1n) is 5.94. The second kappa shape index (κ2) is 4.94. The number of nitrogens with one attached hydrogen (secondary N) is 1. The Labute approximate surface area is 91.6 Å². The Morgan fingerprint density at radius 2 is 2.07 bits per heavy atom. The predicted octanol–water partition coefficient (Wildman–Crippen LogP) is -0.240. The first-order chi connectivity index (χ1) is 7.25. The average Bonchev–Trinajstić information content (AvgIpc) is 2.71. The van der Waals surface area contributed by atoms with Gasteiger partial charge in [0.1, 0.15) is 0 Å². The van der Waals surface area contributed by atoms with E-state index in [0.29, 0.717) is 0 Å². The summed E-state index contributed by atoms with van der Waals surface area (Å²) >= 11 is 0. The van der Waals surface area contributed by atoms with Crippen LogP contribution in [-0.2, 0) is 4.79 Å². The fraction of sp³-hybridized carbons (Fsp3) is 0.909. The summed E-state index contributed by atoms with van der Waals surface area (Å²) in [5.41, 5.74) is 0. The maximum atomic E-state index is 11.1. The van der Waals surface area contributed by atoms with Gasteiger partial charge in [0, 0.05) is 39.6 Å². The van der Waals surface area contributed by atoms with Crippen molar-refractivity contribution < 1.29 is 4.79 Å². The lowest BCUT2D eigenvalue weighted by Gasteiger charge is -2.35. The highest BCUT2D eigenvalue weighted by Crippen LogP contribution is 2.11. The Morgan fingerprint density at radius 1 is 1.33 bits per heavy atom. The van der Waals surface area contributed by atoms with E-state index in [1.165, 1.54) is 26.1 Å². The third-order valence-electron chi connectivity index (χ3n) is 3.50. The predicted molar refractivity (Wildman–Crippen MR) is 59.7 cm³/mol. The molecule has 0 bridgehead atoms. The molecule has 2 aliphatic heterocycles. The number of carbonyl (C=O) groups is 1. The first kappa shape index (κ1) is 10.9. The number of piperazine rings is 1. The first-order valence-corrected chi connectivity index (χ1v) is 5.94. The summed E-state index contributed by atoms with van der Waals surface area (Å²) in [5, 5.41) is 3.40. The molecule has 0 aromatic carbocycles. The van der Waals surface area contributed by atoms with Gasteiger partial charge in [-0.1, -0.05) is 0 Å². The van der Waals surface area contributed by atoms with Crippen LogP contribution in [0.4, 0.5) is 0 Å². The van der Waals surface area contributed by atoms with Gasteiger partial charge in [0.2, 0.25) is 5.91 Å². The van der Waals surface area contributed by atoms with Gasteiger partial charge < -0.3 is 10.2 Å². The minimum absolute atomic E-state index is 0.220. The lowest BCUT2D eigenvalue weighted by molar-refractivity contribution is -0.130. The lowest BCUT2D eigenvalue weighted by Crippen LogP contribution is -2.49. The minimum Gasteiger partial charge on any atom is -0.340 e.